The Bertz CT molecular complexity index is 1300. The van der Waals surface area contributed by atoms with E-state index in [1.807, 2.05) is 6.08 Å². The Morgan fingerprint density at radius 1 is 0.583 bits per heavy atom. The fourth-order valence-electron chi connectivity index (χ4n) is 6.40. The summed E-state index contributed by atoms with van der Waals surface area (Å²) in [5, 5.41) is 54.0. The SMILES string of the molecule is CC/C=C\C/C=C\C/C=C\C/C=C\C/C=C\C/C=C\C/C=C\C/C=C\CCCCC(=O)NC(COC1OC(CO)C(O)C(O)C1O)C(O)/C=C/CCCCCCCCCC. The lowest BCUT2D eigenvalue weighted by molar-refractivity contribution is -0.302. The summed E-state index contributed by atoms with van der Waals surface area (Å²) in [7, 11) is 0. The second kappa shape index (κ2) is 40.0. The van der Waals surface area contributed by atoms with Gasteiger partial charge in [0.2, 0.25) is 5.91 Å². The summed E-state index contributed by atoms with van der Waals surface area (Å²) in [6, 6.07) is -0.834. The van der Waals surface area contributed by atoms with E-state index in [9.17, 15) is 30.3 Å². The molecule has 60 heavy (non-hydrogen) atoms. The molecule has 0 radical (unpaired) electrons. The summed E-state index contributed by atoms with van der Waals surface area (Å²) < 4.78 is 11.2. The number of allylic oxidation sites excluding steroid dienone is 17. The lowest BCUT2D eigenvalue weighted by Crippen LogP contribution is -2.60. The summed E-state index contributed by atoms with van der Waals surface area (Å²) in [6.45, 7) is 3.58. The van der Waals surface area contributed by atoms with Gasteiger partial charge in [-0.2, -0.15) is 0 Å². The monoisotopic (exact) mass is 838 g/mol. The maximum atomic E-state index is 12.9. The van der Waals surface area contributed by atoms with Gasteiger partial charge in [-0.05, 0) is 83.5 Å². The molecule has 0 aliphatic carbocycles. The van der Waals surface area contributed by atoms with Crippen molar-refractivity contribution < 1.29 is 39.8 Å². The van der Waals surface area contributed by atoms with Crippen LogP contribution >= 0.6 is 0 Å². The molecule has 0 saturated carbocycles. The minimum absolute atomic E-state index is 0.214. The van der Waals surface area contributed by atoms with Crippen molar-refractivity contribution in [3.8, 4) is 0 Å². The number of carbonyl (C=O) groups is 1. The summed E-state index contributed by atoms with van der Waals surface area (Å²) in [5.41, 5.74) is 0. The molecule has 0 spiro atoms. The van der Waals surface area contributed by atoms with E-state index in [-0.39, 0.29) is 18.9 Å². The van der Waals surface area contributed by atoms with Crippen LogP contribution in [0.2, 0.25) is 0 Å². The fraction of sp³-hybridized carbons (Fsp3) is 0.627. The molecule has 9 heteroatoms. The quantitative estimate of drug-likeness (QED) is 0.0270. The molecule has 0 aromatic heterocycles. The fourth-order valence-corrected chi connectivity index (χ4v) is 6.40. The van der Waals surface area contributed by atoms with Gasteiger partial charge >= 0.3 is 0 Å². The van der Waals surface area contributed by atoms with Gasteiger partial charge in [0.15, 0.2) is 6.29 Å². The topological polar surface area (TPSA) is 149 Å². The van der Waals surface area contributed by atoms with Gasteiger partial charge in [-0.1, -0.05) is 168 Å². The minimum Gasteiger partial charge on any atom is -0.394 e. The van der Waals surface area contributed by atoms with E-state index in [0.717, 1.165) is 83.5 Å². The van der Waals surface area contributed by atoms with Crippen LogP contribution in [0.25, 0.3) is 0 Å². The molecule has 6 N–H and O–H groups in total. The van der Waals surface area contributed by atoms with Crippen LogP contribution in [0.5, 0.6) is 0 Å². The molecule has 1 aliphatic rings. The molecule has 1 amide bonds. The van der Waals surface area contributed by atoms with E-state index < -0.39 is 49.5 Å². The molecule has 1 fully saturated rings. The number of carbonyl (C=O) groups excluding carboxylic acids is 1. The molecular formula is C51H83NO8. The Kier molecular flexibility index (Phi) is 36.5. The highest BCUT2D eigenvalue weighted by Gasteiger charge is 2.44. The standard InChI is InChI=1S/C51H83NO8/c1-3-5-7-9-11-13-15-16-17-18-19-20-21-22-23-24-25-26-27-28-29-30-31-33-35-37-39-41-47(55)52-44(43-59-51-50(58)49(57)48(56)46(42-53)60-51)45(54)40-38-36-34-32-14-12-10-8-6-4-2/h5,7,11,13,16-17,19-20,22-23,25-26,28-29,31,33,38,40,44-46,48-51,53-54,56-58H,3-4,6,8-10,12,14-15,18,21,24,27,30,32,34-37,39,41-43H2,1-2H3,(H,52,55)/b7-5-,13-11-,17-16-,20-19-,23-22-,26-25-,29-28-,33-31-,40-38+. The first-order valence-corrected chi connectivity index (χ1v) is 23.1. The number of aliphatic hydroxyl groups is 5. The highest BCUT2D eigenvalue weighted by molar-refractivity contribution is 5.76. The second-order valence-electron chi connectivity index (χ2n) is 15.5. The third-order valence-electron chi connectivity index (χ3n) is 10.1. The van der Waals surface area contributed by atoms with Crippen LogP contribution < -0.4 is 5.32 Å². The lowest BCUT2D eigenvalue weighted by Gasteiger charge is -2.40. The van der Waals surface area contributed by atoms with Gasteiger partial charge in [0, 0.05) is 6.42 Å². The lowest BCUT2D eigenvalue weighted by atomic mass is 9.99. The van der Waals surface area contributed by atoms with Gasteiger partial charge in [-0.15, -0.1) is 0 Å². The molecule has 340 valence electrons. The molecule has 9 nitrogen and oxygen atoms in total. The van der Waals surface area contributed by atoms with Crippen LogP contribution in [-0.2, 0) is 14.3 Å². The molecule has 0 aromatic rings. The normalized spacial score (nSPS) is 21.6. The minimum atomic E-state index is -1.58. The number of nitrogens with one attached hydrogen (secondary N) is 1. The van der Waals surface area contributed by atoms with Crippen molar-refractivity contribution in [1.29, 1.82) is 0 Å². The highest BCUT2D eigenvalue weighted by Crippen LogP contribution is 2.22. The Morgan fingerprint density at radius 3 is 1.53 bits per heavy atom. The number of ether oxygens (including phenoxy) is 2. The van der Waals surface area contributed by atoms with E-state index in [1.54, 1.807) is 6.08 Å². The zero-order chi connectivity index (χ0) is 43.7. The maximum absolute atomic E-state index is 12.9. The number of unbranched alkanes of at least 4 members (excludes halogenated alkanes) is 10. The predicted octanol–water partition coefficient (Wildman–Crippen LogP) is 9.89. The van der Waals surface area contributed by atoms with Crippen molar-refractivity contribution >= 4 is 5.91 Å². The van der Waals surface area contributed by atoms with Gasteiger partial charge in [0.1, 0.15) is 24.4 Å². The maximum Gasteiger partial charge on any atom is 0.220 e. The molecule has 0 bridgehead atoms. The third kappa shape index (κ3) is 30.0. The molecule has 0 aromatic carbocycles. The largest absolute Gasteiger partial charge is 0.394 e. The van der Waals surface area contributed by atoms with Crippen LogP contribution in [0.15, 0.2) is 109 Å². The van der Waals surface area contributed by atoms with Crippen molar-refractivity contribution in [2.45, 2.75) is 192 Å². The predicted molar refractivity (Wildman–Crippen MR) is 248 cm³/mol. The molecular weight excluding hydrogens is 755 g/mol. The number of hydrogen-bond acceptors (Lipinski definition) is 8. The summed E-state index contributed by atoms with van der Waals surface area (Å²) in [5.74, 6) is -0.228. The van der Waals surface area contributed by atoms with Crippen LogP contribution in [0, 0.1) is 0 Å². The molecule has 1 rings (SSSR count). The zero-order valence-electron chi connectivity index (χ0n) is 37.2. The highest BCUT2D eigenvalue weighted by atomic mass is 16.7. The van der Waals surface area contributed by atoms with Gasteiger partial charge in [-0.3, -0.25) is 4.79 Å². The van der Waals surface area contributed by atoms with E-state index in [2.05, 4.69) is 116 Å². The van der Waals surface area contributed by atoms with Crippen molar-refractivity contribution in [3.05, 3.63) is 109 Å². The number of hydrogen-bond donors (Lipinski definition) is 6. The first-order valence-electron chi connectivity index (χ1n) is 23.1. The van der Waals surface area contributed by atoms with Crippen LogP contribution in [-0.4, -0.2) is 87.5 Å². The van der Waals surface area contributed by atoms with E-state index in [1.165, 1.54) is 38.5 Å². The van der Waals surface area contributed by atoms with E-state index in [0.29, 0.717) is 6.42 Å². The summed E-state index contributed by atoms with van der Waals surface area (Å²) >= 11 is 0. The first kappa shape index (κ1) is 54.9. The average Bonchev–Trinajstić information content (AvgIpc) is 3.25. The van der Waals surface area contributed by atoms with Crippen LogP contribution in [0.3, 0.4) is 0 Å². The van der Waals surface area contributed by atoms with Crippen molar-refractivity contribution in [1.82, 2.24) is 5.32 Å². The van der Waals surface area contributed by atoms with Crippen molar-refractivity contribution in [2.75, 3.05) is 13.2 Å². The molecule has 7 atom stereocenters. The van der Waals surface area contributed by atoms with Gasteiger partial charge in [0.05, 0.1) is 25.4 Å². The van der Waals surface area contributed by atoms with Crippen LogP contribution in [0.4, 0.5) is 0 Å². The zero-order valence-corrected chi connectivity index (χ0v) is 37.2. The Hall–Kier alpha value is -3.15. The van der Waals surface area contributed by atoms with Crippen molar-refractivity contribution in [2.24, 2.45) is 0 Å². The summed E-state index contributed by atoms with van der Waals surface area (Å²) in [4.78, 5) is 12.9. The summed E-state index contributed by atoms with van der Waals surface area (Å²) in [6.07, 6.45) is 51.4. The van der Waals surface area contributed by atoms with Crippen LogP contribution in [0.1, 0.15) is 149 Å². The second-order valence-corrected chi connectivity index (χ2v) is 15.5. The van der Waals surface area contributed by atoms with Gasteiger partial charge in [0.25, 0.3) is 0 Å². The van der Waals surface area contributed by atoms with E-state index >= 15 is 0 Å². The average molecular weight is 838 g/mol. The third-order valence-corrected chi connectivity index (χ3v) is 10.1. The number of aliphatic hydroxyl groups excluding tert-OH is 5. The Labute approximate surface area is 364 Å². The number of amides is 1. The number of rotatable bonds is 36. The molecule has 1 aliphatic heterocycles. The first-order chi connectivity index (χ1) is 29.3. The molecule has 1 saturated heterocycles. The molecule has 7 unspecified atom stereocenters. The van der Waals surface area contributed by atoms with E-state index in [4.69, 9.17) is 9.47 Å². The van der Waals surface area contributed by atoms with Gasteiger partial charge in [-0.25, -0.2) is 0 Å². The van der Waals surface area contributed by atoms with Crippen molar-refractivity contribution in [3.63, 3.8) is 0 Å². The van der Waals surface area contributed by atoms with Gasteiger partial charge < -0.3 is 40.3 Å². The smallest absolute Gasteiger partial charge is 0.220 e. The Morgan fingerprint density at radius 2 is 1.03 bits per heavy atom. The Balaban J connectivity index is 2.34. The molecule has 1 heterocycles.